The van der Waals surface area contributed by atoms with Gasteiger partial charge in [0.25, 0.3) is 0 Å². The fraction of sp³-hybridized carbons (Fsp3) is 0.643. The van der Waals surface area contributed by atoms with Crippen LogP contribution in [0, 0.1) is 5.92 Å². The number of hydrogen-bond donors (Lipinski definition) is 1. The minimum Gasteiger partial charge on any atom is -0.382 e. The summed E-state index contributed by atoms with van der Waals surface area (Å²) >= 11 is 0. The Morgan fingerprint density at radius 2 is 2.31 bits per heavy atom. The summed E-state index contributed by atoms with van der Waals surface area (Å²) in [6.45, 7) is 9.23. The van der Waals surface area contributed by atoms with Crippen LogP contribution >= 0.6 is 0 Å². The smallest absolute Gasteiger partial charge is 0.0663 e. The molecule has 2 nitrogen and oxygen atoms in total. The normalized spacial score (nSPS) is 28.1. The molecule has 1 aliphatic carbocycles. The number of nitrogens with one attached hydrogen (secondary N) is 1. The summed E-state index contributed by atoms with van der Waals surface area (Å²) in [6, 6.07) is 0.658. The van der Waals surface area contributed by atoms with Crippen LogP contribution in [0.1, 0.15) is 39.5 Å². The predicted octanol–water partition coefficient (Wildman–Crippen LogP) is 3.07. The average Bonchev–Trinajstić information content (AvgIpc) is 2.61. The first-order chi connectivity index (χ1) is 7.69. The molecule has 0 radical (unpaired) electrons. The van der Waals surface area contributed by atoms with Gasteiger partial charge in [0.05, 0.1) is 6.54 Å². The zero-order valence-electron chi connectivity index (χ0n) is 10.4. The van der Waals surface area contributed by atoms with Crippen molar-refractivity contribution < 1.29 is 0 Å². The van der Waals surface area contributed by atoms with E-state index in [-0.39, 0.29) is 0 Å². The van der Waals surface area contributed by atoms with Gasteiger partial charge in [-0.25, -0.2) is 0 Å². The van der Waals surface area contributed by atoms with E-state index < -0.39 is 0 Å². The predicted molar refractivity (Wildman–Crippen MR) is 69.8 cm³/mol. The van der Waals surface area contributed by atoms with E-state index in [1.165, 1.54) is 31.3 Å². The highest BCUT2D eigenvalue weighted by atomic mass is 15.0. The molecule has 1 aliphatic heterocycles. The Hall–Kier alpha value is -1.05. The third-order valence-electron chi connectivity index (χ3n) is 3.58. The van der Waals surface area contributed by atoms with E-state index in [0.717, 1.165) is 23.9 Å². The molecule has 16 heavy (non-hydrogen) atoms. The number of nitrogens with zero attached hydrogens (tertiary/aromatic N) is 1. The Morgan fingerprint density at radius 1 is 1.56 bits per heavy atom. The van der Waals surface area contributed by atoms with Crippen molar-refractivity contribution in [3.05, 3.63) is 23.9 Å². The van der Waals surface area contributed by atoms with Crippen LogP contribution < -0.4 is 5.32 Å². The van der Waals surface area contributed by atoms with E-state index in [0.29, 0.717) is 6.04 Å². The van der Waals surface area contributed by atoms with Crippen molar-refractivity contribution in [2.45, 2.75) is 45.6 Å². The van der Waals surface area contributed by atoms with Crippen molar-refractivity contribution in [3.63, 3.8) is 0 Å². The van der Waals surface area contributed by atoms with Crippen LogP contribution in [-0.4, -0.2) is 18.3 Å². The summed E-state index contributed by atoms with van der Waals surface area (Å²) in [5, 5.41) is 3.53. The van der Waals surface area contributed by atoms with Crippen LogP contribution in [-0.2, 0) is 0 Å². The number of aliphatic imine (C=N–C) groups is 1. The molecule has 88 valence electrons. The highest BCUT2D eigenvalue weighted by molar-refractivity contribution is 5.96. The van der Waals surface area contributed by atoms with E-state index in [9.17, 15) is 0 Å². The zero-order chi connectivity index (χ0) is 11.5. The summed E-state index contributed by atoms with van der Waals surface area (Å²) < 4.78 is 0. The van der Waals surface area contributed by atoms with Gasteiger partial charge < -0.3 is 5.32 Å². The quantitative estimate of drug-likeness (QED) is 0.753. The van der Waals surface area contributed by atoms with Crippen LogP contribution in [0.5, 0.6) is 0 Å². The Labute approximate surface area is 98.5 Å². The van der Waals surface area contributed by atoms with Gasteiger partial charge in [0.15, 0.2) is 0 Å². The van der Waals surface area contributed by atoms with E-state index in [1.807, 2.05) is 6.92 Å². The van der Waals surface area contributed by atoms with Crippen LogP contribution in [0.15, 0.2) is 28.9 Å². The summed E-state index contributed by atoms with van der Waals surface area (Å²) in [5.41, 5.74) is 3.47. The van der Waals surface area contributed by atoms with Crippen molar-refractivity contribution in [2.24, 2.45) is 10.9 Å². The lowest BCUT2D eigenvalue weighted by atomic mass is 9.77. The zero-order valence-corrected chi connectivity index (χ0v) is 10.4. The molecule has 2 aliphatic rings. The van der Waals surface area contributed by atoms with Crippen molar-refractivity contribution in [2.75, 3.05) is 6.54 Å². The van der Waals surface area contributed by atoms with Crippen LogP contribution in [0.25, 0.3) is 0 Å². The highest BCUT2D eigenvalue weighted by Gasteiger charge is 2.28. The lowest BCUT2D eigenvalue weighted by Crippen LogP contribution is -2.40. The van der Waals surface area contributed by atoms with Gasteiger partial charge in [-0.05, 0) is 37.3 Å². The van der Waals surface area contributed by atoms with Crippen molar-refractivity contribution >= 4 is 5.71 Å². The molecule has 0 unspecified atom stereocenters. The first kappa shape index (κ1) is 11.4. The van der Waals surface area contributed by atoms with Crippen LogP contribution in [0.3, 0.4) is 0 Å². The lowest BCUT2D eigenvalue weighted by Gasteiger charge is -2.37. The van der Waals surface area contributed by atoms with E-state index in [1.54, 1.807) is 0 Å². The molecule has 2 rings (SSSR count). The van der Waals surface area contributed by atoms with Gasteiger partial charge in [0.2, 0.25) is 0 Å². The van der Waals surface area contributed by atoms with Gasteiger partial charge in [0.1, 0.15) is 0 Å². The number of hydrogen-bond acceptors (Lipinski definition) is 2. The number of rotatable bonds is 5. The minimum absolute atomic E-state index is 0.658. The molecule has 0 amide bonds. The van der Waals surface area contributed by atoms with Crippen LogP contribution in [0.2, 0.25) is 0 Å². The van der Waals surface area contributed by atoms with Crippen molar-refractivity contribution in [1.82, 2.24) is 5.32 Å². The standard InChI is InChI=1S/C14H22N2/c1-4-5-12-7-14(8-12)16-11(3)13-6-10(2)15-9-13/h6,12,14,16H,3-5,7-9H2,1-2H3. The van der Waals surface area contributed by atoms with Gasteiger partial charge >= 0.3 is 0 Å². The van der Waals surface area contributed by atoms with Gasteiger partial charge in [0, 0.05) is 17.5 Å². The molecule has 0 atom stereocenters. The Balaban J connectivity index is 1.72. The maximum Gasteiger partial charge on any atom is 0.0663 e. The molecule has 0 spiro atoms. The lowest BCUT2D eigenvalue weighted by molar-refractivity contribution is 0.221. The second-order valence-corrected chi connectivity index (χ2v) is 5.07. The van der Waals surface area contributed by atoms with Crippen molar-refractivity contribution in [3.8, 4) is 0 Å². The van der Waals surface area contributed by atoms with E-state index in [4.69, 9.17) is 0 Å². The molecule has 0 saturated heterocycles. The molecule has 0 aromatic carbocycles. The molecule has 1 heterocycles. The summed E-state index contributed by atoms with van der Waals surface area (Å²) in [4.78, 5) is 4.36. The van der Waals surface area contributed by atoms with Gasteiger partial charge in [-0.15, -0.1) is 0 Å². The molecule has 0 aromatic heterocycles. The average molecular weight is 218 g/mol. The SMILES string of the molecule is C=C(NC1CC(CCC)C1)C1=CC(C)=NC1. The monoisotopic (exact) mass is 218 g/mol. The van der Waals surface area contributed by atoms with Gasteiger partial charge in [-0.2, -0.15) is 0 Å². The molecule has 2 heteroatoms. The van der Waals surface area contributed by atoms with Gasteiger partial charge in [-0.3, -0.25) is 4.99 Å². The molecule has 1 N–H and O–H groups in total. The third kappa shape index (κ3) is 2.55. The molecular formula is C14H22N2. The third-order valence-corrected chi connectivity index (χ3v) is 3.58. The maximum absolute atomic E-state index is 4.36. The first-order valence-electron chi connectivity index (χ1n) is 6.36. The maximum atomic E-state index is 4.36. The summed E-state index contributed by atoms with van der Waals surface area (Å²) in [5.74, 6) is 0.950. The van der Waals surface area contributed by atoms with E-state index in [2.05, 4.69) is 29.9 Å². The highest BCUT2D eigenvalue weighted by Crippen LogP contribution is 2.32. The molecule has 0 bridgehead atoms. The Kier molecular flexibility index (Phi) is 3.47. The molecule has 0 aromatic rings. The topological polar surface area (TPSA) is 24.4 Å². The summed E-state index contributed by atoms with van der Waals surface area (Å²) in [7, 11) is 0. The van der Waals surface area contributed by atoms with Crippen LogP contribution in [0.4, 0.5) is 0 Å². The van der Waals surface area contributed by atoms with Crippen molar-refractivity contribution in [1.29, 1.82) is 0 Å². The van der Waals surface area contributed by atoms with Gasteiger partial charge in [-0.1, -0.05) is 26.3 Å². The summed E-state index contributed by atoms with van der Waals surface area (Å²) in [6.07, 6.45) is 7.48. The first-order valence-corrected chi connectivity index (χ1v) is 6.36. The second-order valence-electron chi connectivity index (χ2n) is 5.07. The molecular weight excluding hydrogens is 196 g/mol. The Bertz CT molecular complexity index is 333. The second kappa shape index (κ2) is 4.86. The minimum atomic E-state index is 0.658. The Morgan fingerprint density at radius 3 is 2.88 bits per heavy atom. The molecule has 1 saturated carbocycles. The largest absolute Gasteiger partial charge is 0.382 e. The van der Waals surface area contributed by atoms with E-state index >= 15 is 0 Å². The fourth-order valence-electron chi connectivity index (χ4n) is 2.57. The molecule has 1 fully saturated rings. The number of allylic oxidation sites excluding steroid dienone is 1. The fourth-order valence-corrected chi connectivity index (χ4v) is 2.57.